The lowest BCUT2D eigenvalue weighted by molar-refractivity contribution is 0.170. The standard InChI is InChI=1S/C10H24N2O/c1-10(9-13,11-2)7-5-6-8-12(3)4/h11,13H,5-9H2,1-4H3. The van der Waals surface area contributed by atoms with Gasteiger partial charge in [0.25, 0.3) is 0 Å². The third-order valence-electron chi connectivity index (χ3n) is 2.54. The highest BCUT2D eigenvalue weighted by Gasteiger charge is 2.19. The van der Waals surface area contributed by atoms with Gasteiger partial charge in [0.15, 0.2) is 0 Å². The van der Waals surface area contributed by atoms with E-state index in [-0.39, 0.29) is 12.1 Å². The topological polar surface area (TPSA) is 35.5 Å². The molecule has 0 rings (SSSR count). The summed E-state index contributed by atoms with van der Waals surface area (Å²) in [7, 11) is 6.08. The highest BCUT2D eigenvalue weighted by atomic mass is 16.3. The molecule has 0 fully saturated rings. The lowest BCUT2D eigenvalue weighted by Gasteiger charge is -2.26. The summed E-state index contributed by atoms with van der Waals surface area (Å²) in [5, 5.41) is 12.3. The molecule has 0 radical (unpaired) electrons. The first-order valence-electron chi connectivity index (χ1n) is 4.98. The molecule has 80 valence electrons. The van der Waals surface area contributed by atoms with Gasteiger partial charge >= 0.3 is 0 Å². The van der Waals surface area contributed by atoms with Crippen LogP contribution in [0.4, 0.5) is 0 Å². The number of rotatable bonds is 7. The molecular weight excluding hydrogens is 164 g/mol. The highest BCUT2D eigenvalue weighted by Crippen LogP contribution is 2.12. The van der Waals surface area contributed by atoms with Crippen LogP contribution in [0.1, 0.15) is 26.2 Å². The third kappa shape index (κ3) is 6.02. The molecule has 0 aromatic rings. The Bertz CT molecular complexity index is 122. The molecule has 0 saturated heterocycles. The van der Waals surface area contributed by atoms with Gasteiger partial charge in [0.05, 0.1) is 6.61 Å². The molecule has 0 spiro atoms. The minimum Gasteiger partial charge on any atom is -0.394 e. The van der Waals surface area contributed by atoms with Crippen LogP contribution in [0, 0.1) is 0 Å². The van der Waals surface area contributed by atoms with E-state index in [1.165, 1.54) is 6.42 Å². The van der Waals surface area contributed by atoms with Crippen LogP contribution in [0.2, 0.25) is 0 Å². The van der Waals surface area contributed by atoms with E-state index in [0.717, 1.165) is 19.4 Å². The smallest absolute Gasteiger partial charge is 0.0610 e. The number of aliphatic hydroxyl groups excluding tert-OH is 1. The van der Waals surface area contributed by atoms with Crippen LogP contribution in [0.5, 0.6) is 0 Å². The number of nitrogens with zero attached hydrogens (tertiary/aromatic N) is 1. The first-order chi connectivity index (χ1) is 6.04. The predicted molar refractivity (Wildman–Crippen MR) is 57.0 cm³/mol. The molecule has 0 saturated carbocycles. The van der Waals surface area contributed by atoms with Crippen molar-refractivity contribution in [3.63, 3.8) is 0 Å². The van der Waals surface area contributed by atoms with E-state index in [1.54, 1.807) is 0 Å². The van der Waals surface area contributed by atoms with Gasteiger partial charge in [-0.05, 0) is 47.5 Å². The summed E-state index contributed by atoms with van der Waals surface area (Å²) >= 11 is 0. The molecule has 1 atom stereocenters. The van der Waals surface area contributed by atoms with E-state index in [0.29, 0.717) is 0 Å². The van der Waals surface area contributed by atoms with Crippen LogP contribution in [0.25, 0.3) is 0 Å². The van der Waals surface area contributed by atoms with E-state index >= 15 is 0 Å². The van der Waals surface area contributed by atoms with Crippen LogP contribution in [0.15, 0.2) is 0 Å². The largest absolute Gasteiger partial charge is 0.394 e. The molecule has 0 bridgehead atoms. The van der Waals surface area contributed by atoms with Crippen molar-refractivity contribution in [2.24, 2.45) is 0 Å². The van der Waals surface area contributed by atoms with Gasteiger partial charge in [0.1, 0.15) is 0 Å². The first kappa shape index (κ1) is 12.9. The molecule has 0 amide bonds. The zero-order valence-electron chi connectivity index (χ0n) is 9.43. The van der Waals surface area contributed by atoms with Gasteiger partial charge in [-0.2, -0.15) is 0 Å². The number of likely N-dealkylation sites (N-methyl/N-ethyl adjacent to an activating group) is 1. The molecule has 0 aliphatic heterocycles. The van der Waals surface area contributed by atoms with E-state index < -0.39 is 0 Å². The first-order valence-corrected chi connectivity index (χ1v) is 4.98. The number of hydrogen-bond donors (Lipinski definition) is 2. The van der Waals surface area contributed by atoms with Crippen molar-refractivity contribution in [1.29, 1.82) is 0 Å². The Hall–Kier alpha value is -0.120. The summed E-state index contributed by atoms with van der Waals surface area (Å²) in [5.41, 5.74) is -0.0910. The summed E-state index contributed by atoms with van der Waals surface area (Å²) in [6.45, 7) is 3.40. The average Bonchev–Trinajstić information content (AvgIpc) is 2.12. The fraction of sp³-hybridized carbons (Fsp3) is 1.00. The van der Waals surface area contributed by atoms with Crippen molar-refractivity contribution >= 4 is 0 Å². The Balaban J connectivity index is 3.50. The maximum atomic E-state index is 9.12. The van der Waals surface area contributed by atoms with Gasteiger partial charge < -0.3 is 15.3 Å². The molecule has 0 heterocycles. The fourth-order valence-corrected chi connectivity index (χ4v) is 1.23. The van der Waals surface area contributed by atoms with Crippen LogP contribution in [0.3, 0.4) is 0 Å². The summed E-state index contributed by atoms with van der Waals surface area (Å²) in [6, 6.07) is 0. The zero-order valence-corrected chi connectivity index (χ0v) is 9.43. The Morgan fingerprint density at radius 1 is 1.31 bits per heavy atom. The summed E-state index contributed by atoms with van der Waals surface area (Å²) in [5.74, 6) is 0. The third-order valence-corrected chi connectivity index (χ3v) is 2.54. The maximum absolute atomic E-state index is 9.12. The van der Waals surface area contributed by atoms with Gasteiger partial charge in [0.2, 0.25) is 0 Å². The minimum absolute atomic E-state index is 0.0910. The molecule has 3 heteroatoms. The fourth-order valence-electron chi connectivity index (χ4n) is 1.23. The minimum atomic E-state index is -0.0910. The molecule has 3 nitrogen and oxygen atoms in total. The Morgan fingerprint density at radius 3 is 2.31 bits per heavy atom. The Kier molecular flexibility index (Phi) is 6.29. The SMILES string of the molecule is CNC(C)(CO)CCCCN(C)C. The lowest BCUT2D eigenvalue weighted by atomic mass is 9.96. The maximum Gasteiger partial charge on any atom is 0.0610 e. The van der Waals surface area contributed by atoms with Crippen molar-refractivity contribution in [2.75, 3.05) is 34.3 Å². The number of aliphatic hydroxyl groups is 1. The Morgan fingerprint density at radius 2 is 1.92 bits per heavy atom. The average molecular weight is 188 g/mol. The Labute approximate surface area is 82.1 Å². The van der Waals surface area contributed by atoms with Crippen LogP contribution < -0.4 is 5.32 Å². The zero-order chi connectivity index (χ0) is 10.3. The summed E-state index contributed by atoms with van der Waals surface area (Å²) in [6.07, 6.45) is 3.40. The van der Waals surface area contributed by atoms with E-state index in [1.807, 2.05) is 7.05 Å². The second-order valence-electron chi connectivity index (χ2n) is 4.23. The van der Waals surface area contributed by atoms with Crippen LogP contribution >= 0.6 is 0 Å². The van der Waals surface area contributed by atoms with Crippen molar-refractivity contribution < 1.29 is 5.11 Å². The lowest BCUT2D eigenvalue weighted by Crippen LogP contribution is -2.43. The number of hydrogen-bond acceptors (Lipinski definition) is 3. The number of unbranched alkanes of at least 4 members (excludes halogenated alkanes) is 1. The highest BCUT2D eigenvalue weighted by molar-refractivity contribution is 4.79. The van der Waals surface area contributed by atoms with Crippen LogP contribution in [-0.4, -0.2) is 49.8 Å². The van der Waals surface area contributed by atoms with E-state index in [2.05, 4.69) is 31.2 Å². The summed E-state index contributed by atoms with van der Waals surface area (Å²) < 4.78 is 0. The molecular formula is C10H24N2O. The molecule has 0 aliphatic rings. The quantitative estimate of drug-likeness (QED) is 0.577. The molecule has 0 aromatic heterocycles. The van der Waals surface area contributed by atoms with Crippen molar-refractivity contribution in [2.45, 2.75) is 31.7 Å². The molecule has 0 aliphatic carbocycles. The normalized spacial score (nSPS) is 16.2. The molecule has 13 heavy (non-hydrogen) atoms. The molecule has 2 N–H and O–H groups in total. The second-order valence-corrected chi connectivity index (χ2v) is 4.23. The van der Waals surface area contributed by atoms with Gasteiger partial charge in [-0.15, -0.1) is 0 Å². The predicted octanol–water partition coefficient (Wildman–Crippen LogP) is 0.689. The van der Waals surface area contributed by atoms with Gasteiger partial charge in [0, 0.05) is 5.54 Å². The van der Waals surface area contributed by atoms with E-state index in [4.69, 9.17) is 5.11 Å². The van der Waals surface area contributed by atoms with E-state index in [9.17, 15) is 0 Å². The monoisotopic (exact) mass is 188 g/mol. The molecule has 0 aromatic carbocycles. The van der Waals surface area contributed by atoms with Gasteiger partial charge in [-0.25, -0.2) is 0 Å². The van der Waals surface area contributed by atoms with Crippen LogP contribution in [-0.2, 0) is 0 Å². The summed E-state index contributed by atoms with van der Waals surface area (Å²) in [4.78, 5) is 2.19. The van der Waals surface area contributed by atoms with Crippen molar-refractivity contribution in [1.82, 2.24) is 10.2 Å². The number of nitrogens with one attached hydrogen (secondary N) is 1. The second kappa shape index (κ2) is 6.35. The molecule has 1 unspecified atom stereocenters. The van der Waals surface area contributed by atoms with Crippen molar-refractivity contribution in [3.8, 4) is 0 Å². The van der Waals surface area contributed by atoms with Gasteiger partial charge in [-0.1, -0.05) is 6.42 Å². The van der Waals surface area contributed by atoms with Gasteiger partial charge in [-0.3, -0.25) is 0 Å². The van der Waals surface area contributed by atoms with Crippen molar-refractivity contribution in [3.05, 3.63) is 0 Å².